The van der Waals surface area contributed by atoms with Gasteiger partial charge in [0.1, 0.15) is 5.75 Å². The molecular formula is C13H12N4O4S. The second kappa shape index (κ2) is 5.68. The van der Waals surface area contributed by atoms with Gasteiger partial charge in [0, 0.05) is 24.4 Å². The van der Waals surface area contributed by atoms with Crippen LogP contribution in [-0.4, -0.2) is 39.1 Å². The molecule has 22 heavy (non-hydrogen) atoms. The topological polar surface area (TPSA) is 108 Å². The van der Waals surface area contributed by atoms with Crippen molar-refractivity contribution in [3.8, 4) is 5.75 Å². The summed E-state index contributed by atoms with van der Waals surface area (Å²) >= 11 is 1.47. The normalized spacial score (nSPS) is 16.1. The number of aliphatic imine (C=N–C) groups is 1. The van der Waals surface area contributed by atoms with Gasteiger partial charge in [0.15, 0.2) is 5.17 Å². The van der Waals surface area contributed by atoms with Gasteiger partial charge >= 0.3 is 0 Å². The molecule has 2 aliphatic rings. The number of nitro benzene ring substituents is 1. The lowest BCUT2D eigenvalue weighted by Crippen LogP contribution is -2.24. The van der Waals surface area contributed by atoms with Gasteiger partial charge in [0.2, 0.25) is 5.91 Å². The SMILES string of the molecule is O=C(CC1=CSC2=NCCN12)Nc1cc([N+](=O)[O-])ccc1O. The summed E-state index contributed by atoms with van der Waals surface area (Å²) in [6, 6.07) is 3.49. The van der Waals surface area contributed by atoms with E-state index in [1.54, 1.807) is 0 Å². The largest absolute Gasteiger partial charge is 0.506 e. The minimum absolute atomic E-state index is 0.0285. The van der Waals surface area contributed by atoms with Crippen molar-refractivity contribution in [1.82, 2.24) is 4.90 Å². The van der Waals surface area contributed by atoms with Crippen LogP contribution < -0.4 is 5.32 Å². The van der Waals surface area contributed by atoms with E-state index in [4.69, 9.17) is 0 Å². The Balaban J connectivity index is 1.68. The summed E-state index contributed by atoms with van der Waals surface area (Å²) in [4.78, 5) is 28.5. The fourth-order valence-electron chi connectivity index (χ4n) is 2.21. The second-order valence-electron chi connectivity index (χ2n) is 4.73. The predicted octanol–water partition coefficient (Wildman–Crippen LogP) is 1.89. The molecular weight excluding hydrogens is 308 g/mol. The number of nitrogens with zero attached hydrogens (tertiary/aromatic N) is 3. The van der Waals surface area contributed by atoms with E-state index in [1.807, 2.05) is 10.3 Å². The Bertz CT molecular complexity index is 716. The Morgan fingerprint density at radius 3 is 3.14 bits per heavy atom. The molecule has 0 aromatic heterocycles. The monoisotopic (exact) mass is 320 g/mol. The molecule has 2 heterocycles. The van der Waals surface area contributed by atoms with Gasteiger partial charge in [-0.05, 0) is 11.5 Å². The molecule has 0 fully saturated rings. The molecule has 0 saturated carbocycles. The number of nitro groups is 1. The molecule has 0 bridgehead atoms. The maximum absolute atomic E-state index is 12.1. The third kappa shape index (κ3) is 2.75. The van der Waals surface area contributed by atoms with Crippen molar-refractivity contribution in [2.24, 2.45) is 4.99 Å². The number of carbonyl (C=O) groups excluding carboxylic acids is 1. The van der Waals surface area contributed by atoms with Crippen LogP contribution >= 0.6 is 11.8 Å². The van der Waals surface area contributed by atoms with E-state index in [0.717, 1.165) is 23.5 Å². The van der Waals surface area contributed by atoms with Crippen LogP contribution in [0.25, 0.3) is 0 Å². The Morgan fingerprint density at radius 1 is 1.55 bits per heavy atom. The van der Waals surface area contributed by atoms with E-state index < -0.39 is 4.92 Å². The first kappa shape index (κ1) is 14.4. The number of hydrogen-bond acceptors (Lipinski definition) is 7. The summed E-state index contributed by atoms with van der Waals surface area (Å²) in [7, 11) is 0. The zero-order valence-corrected chi connectivity index (χ0v) is 12.2. The predicted molar refractivity (Wildman–Crippen MR) is 82.7 cm³/mol. The number of non-ortho nitro benzene ring substituents is 1. The van der Waals surface area contributed by atoms with Crippen molar-refractivity contribution in [3.63, 3.8) is 0 Å². The molecule has 2 aliphatic heterocycles. The molecule has 8 nitrogen and oxygen atoms in total. The fourth-order valence-corrected chi connectivity index (χ4v) is 3.17. The maximum Gasteiger partial charge on any atom is 0.271 e. The highest BCUT2D eigenvalue weighted by Gasteiger charge is 2.27. The van der Waals surface area contributed by atoms with Crippen LogP contribution in [0.3, 0.4) is 0 Å². The summed E-state index contributed by atoms with van der Waals surface area (Å²) in [6.07, 6.45) is 0.119. The minimum atomic E-state index is -0.585. The molecule has 9 heteroatoms. The number of hydrogen-bond donors (Lipinski definition) is 2. The zero-order chi connectivity index (χ0) is 15.7. The summed E-state index contributed by atoms with van der Waals surface area (Å²) in [5.74, 6) is -0.562. The zero-order valence-electron chi connectivity index (χ0n) is 11.4. The lowest BCUT2D eigenvalue weighted by atomic mass is 10.2. The number of amidine groups is 1. The van der Waals surface area contributed by atoms with E-state index >= 15 is 0 Å². The average Bonchev–Trinajstić information content (AvgIpc) is 3.06. The van der Waals surface area contributed by atoms with Gasteiger partial charge in [-0.25, -0.2) is 0 Å². The summed E-state index contributed by atoms with van der Waals surface area (Å²) < 4.78 is 0. The molecule has 114 valence electrons. The quantitative estimate of drug-likeness (QED) is 0.498. The van der Waals surface area contributed by atoms with Crippen LogP contribution in [0.15, 0.2) is 34.3 Å². The average molecular weight is 320 g/mol. The van der Waals surface area contributed by atoms with E-state index in [2.05, 4.69) is 10.3 Å². The van der Waals surface area contributed by atoms with Gasteiger partial charge < -0.3 is 15.3 Å². The Labute approximate surface area is 129 Å². The number of thioether (sulfide) groups is 1. The maximum atomic E-state index is 12.1. The van der Waals surface area contributed by atoms with E-state index in [1.165, 1.54) is 23.9 Å². The van der Waals surface area contributed by atoms with Crippen LogP contribution in [-0.2, 0) is 4.79 Å². The highest BCUT2D eigenvalue weighted by molar-refractivity contribution is 8.16. The number of nitrogens with one attached hydrogen (secondary N) is 1. The van der Waals surface area contributed by atoms with Gasteiger partial charge in [-0.2, -0.15) is 0 Å². The molecule has 3 rings (SSSR count). The van der Waals surface area contributed by atoms with Gasteiger partial charge in [-0.15, -0.1) is 0 Å². The molecule has 1 aromatic carbocycles. The second-order valence-corrected chi connectivity index (χ2v) is 5.56. The summed E-state index contributed by atoms with van der Waals surface area (Å²) in [5, 5.41) is 25.7. The minimum Gasteiger partial charge on any atom is -0.506 e. The van der Waals surface area contributed by atoms with Crippen molar-refractivity contribution in [3.05, 3.63) is 39.4 Å². The number of carbonyl (C=O) groups is 1. The first-order valence-corrected chi connectivity index (χ1v) is 7.37. The number of benzene rings is 1. The van der Waals surface area contributed by atoms with Crippen LogP contribution in [0, 0.1) is 10.1 Å². The summed E-state index contributed by atoms with van der Waals surface area (Å²) in [6.45, 7) is 1.47. The highest BCUT2D eigenvalue weighted by Crippen LogP contribution is 2.32. The molecule has 1 amide bonds. The number of fused-ring (bicyclic) bond motifs is 1. The number of aromatic hydroxyl groups is 1. The van der Waals surface area contributed by atoms with E-state index in [9.17, 15) is 20.0 Å². The van der Waals surface area contributed by atoms with Gasteiger partial charge in [-0.1, -0.05) is 11.8 Å². The number of phenols is 1. The molecule has 0 saturated heterocycles. The first-order valence-electron chi connectivity index (χ1n) is 6.49. The van der Waals surface area contributed by atoms with Crippen molar-refractivity contribution < 1.29 is 14.8 Å². The van der Waals surface area contributed by atoms with Crippen LogP contribution in [0.2, 0.25) is 0 Å². The fraction of sp³-hybridized carbons (Fsp3) is 0.231. The molecule has 2 N–H and O–H groups in total. The lowest BCUT2D eigenvalue weighted by Gasteiger charge is -2.16. The molecule has 0 radical (unpaired) electrons. The third-order valence-electron chi connectivity index (χ3n) is 3.26. The molecule has 0 spiro atoms. The van der Waals surface area contributed by atoms with Crippen molar-refractivity contribution in [1.29, 1.82) is 0 Å². The smallest absolute Gasteiger partial charge is 0.271 e. The number of amides is 1. The van der Waals surface area contributed by atoms with Gasteiger partial charge in [0.25, 0.3) is 5.69 Å². The first-order chi connectivity index (χ1) is 10.5. The van der Waals surface area contributed by atoms with Crippen molar-refractivity contribution in [2.75, 3.05) is 18.4 Å². The molecule has 0 aliphatic carbocycles. The van der Waals surface area contributed by atoms with Gasteiger partial charge in [0.05, 0.1) is 23.6 Å². The van der Waals surface area contributed by atoms with Crippen LogP contribution in [0.5, 0.6) is 5.75 Å². The van der Waals surface area contributed by atoms with E-state index in [0.29, 0.717) is 6.54 Å². The molecule has 1 aromatic rings. The van der Waals surface area contributed by atoms with Crippen LogP contribution in [0.1, 0.15) is 6.42 Å². The lowest BCUT2D eigenvalue weighted by molar-refractivity contribution is -0.384. The van der Waals surface area contributed by atoms with Crippen LogP contribution in [0.4, 0.5) is 11.4 Å². The number of rotatable bonds is 4. The molecule has 0 unspecified atom stereocenters. The highest BCUT2D eigenvalue weighted by atomic mass is 32.2. The van der Waals surface area contributed by atoms with Crippen molar-refractivity contribution in [2.45, 2.75) is 6.42 Å². The van der Waals surface area contributed by atoms with E-state index in [-0.39, 0.29) is 29.5 Å². The third-order valence-corrected chi connectivity index (χ3v) is 4.21. The van der Waals surface area contributed by atoms with Crippen molar-refractivity contribution >= 4 is 34.2 Å². The Kier molecular flexibility index (Phi) is 3.72. The number of anilines is 1. The molecule has 0 atom stereocenters. The number of phenolic OH excluding ortho intramolecular Hbond substituents is 1. The standard InChI is InChI=1S/C13H12N4O4S/c18-11-2-1-8(17(20)21)5-10(11)15-12(19)6-9-7-22-13-14-3-4-16(9)13/h1-2,5,7,18H,3-4,6H2,(H,15,19). The Hall–Kier alpha value is -2.55. The van der Waals surface area contributed by atoms with Gasteiger partial charge in [-0.3, -0.25) is 19.9 Å². The summed E-state index contributed by atoms with van der Waals surface area (Å²) in [5.41, 5.74) is 0.669. The Morgan fingerprint density at radius 2 is 2.36 bits per heavy atom.